The second kappa shape index (κ2) is 2.62. The third-order valence-electron chi connectivity index (χ3n) is 2.51. The molecule has 2 rings (SSSR count). The maximum atomic E-state index is 12.8. The Morgan fingerprint density at radius 1 is 1.23 bits per heavy atom. The van der Waals surface area contributed by atoms with Crippen LogP contribution in [-0.2, 0) is 10.2 Å². The second-order valence-corrected chi connectivity index (χ2v) is 3.40. The van der Waals surface area contributed by atoms with Crippen LogP contribution in [0.3, 0.4) is 0 Å². The van der Waals surface area contributed by atoms with Crippen molar-refractivity contribution >= 4 is 6.29 Å². The molecule has 0 aliphatic heterocycles. The number of carbonyl (C=O) groups excluding carboxylic acids is 1. The molecule has 0 bridgehead atoms. The average molecular weight is 182 g/mol. The number of carbonyl (C=O) groups is 1. The van der Waals surface area contributed by atoms with Crippen molar-refractivity contribution in [2.45, 2.75) is 18.3 Å². The lowest BCUT2D eigenvalue weighted by atomic mass is 9.98. The minimum absolute atomic E-state index is 0.519. The number of rotatable bonds is 2. The lowest BCUT2D eigenvalue weighted by molar-refractivity contribution is -0.109. The highest BCUT2D eigenvalue weighted by Crippen LogP contribution is 2.46. The zero-order valence-corrected chi connectivity index (χ0v) is 6.89. The van der Waals surface area contributed by atoms with Gasteiger partial charge in [-0.3, -0.25) is 0 Å². The molecule has 1 aromatic rings. The van der Waals surface area contributed by atoms with Crippen LogP contribution in [0, 0.1) is 11.6 Å². The Bertz CT molecular complexity index is 356. The van der Waals surface area contributed by atoms with E-state index in [4.69, 9.17) is 0 Å². The minimum atomic E-state index is -0.884. The Hall–Kier alpha value is -1.25. The van der Waals surface area contributed by atoms with Crippen LogP contribution < -0.4 is 0 Å². The summed E-state index contributed by atoms with van der Waals surface area (Å²) in [6.45, 7) is 0. The van der Waals surface area contributed by atoms with E-state index in [2.05, 4.69) is 0 Å². The molecule has 0 amide bonds. The fourth-order valence-corrected chi connectivity index (χ4v) is 1.42. The average Bonchev–Trinajstić information content (AvgIpc) is 2.90. The quantitative estimate of drug-likeness (QED) is 0.641. The molecule has 0 radical (unpaired) electrons. The predicted octanol–water partition coefficient (Wildman–Crippen LogP) is 2.20. The summed E-state index contributed by atoms with van der Waals surface area (Å²) in [4.78, 5) is 10.7. The van der Waals surface area contributed by atoms with Gasteiger partial charge in [-0.25, -0.2) is 8.78 Å². The van der Waals surface area contributed by atoms with Crippen LogP contribution in [0.5, 0.6) is 0 Å². The summed E-state index contributed by atoms with van der Waals surface area (Å²) < 4.78 is 25.3. The summed E-state index contributed by atoms with van der Waals surface area (Å²) in [5.41, 5.74) is 0.0653. The van der Waals surface area contributed by atoms with Gasteiger partial charge in [0.25, 0.3) is 0 Å². The highest BCUT2D eigenvalue weighted by Gasteiger charge is 2.44. The monoisotopic (exact) mass is 182 g/mol. The summed E-state index contributed by atoms with van der Waals surface area (Å²) in [5.74, 6) is -1.75. The smallest absolute Gasteiger partial charge is 0.159 e. The molecule has 13 heavy (non-hydrogen) atoms. The molecule has 1 nitrogen and oxygen atoms in total. The van der Waals surface area contributed by atoms with Crippen LogP contribution in [0.2, 0.25) is 0 Å². The summed E-state index contributed by atoms with van der Waals surface area (Å²) >= 11 is 0. The van der Waals surface area contributed by atoms with Crippen molar-refractivity contribution in [3.8, 4) is 0 Å². The summed E-state index contributed by atoms with van der Waals surface area (Å²) in [5, 5.41) is 0. The number of hydrogen-bond donors (Lipinski definition) is 0. The van der Waals surface area contributed by atoms with Gasteiger partial charge in [0.2, 0.25) is 0 Å². The lowest BCUT2D eigenvalue weighted by Gasteiger charge is -2.06. The lowest BCUT2D eigenvalue weighted by Crippen LogP contribution is -2.08. The van der Waals surface area contributed by atoms with E-state index in [9.17, 15) is 13.6 Å². The summed E-state index contributed by atoms with van der Waals surface area (Å²) in [6.07, 6.45) is 2.29. The standard InChI is InChI=1S/C10H8F2O/c11-8-2-1-7(5-9(8)12)10(6-13)3-4-10/h1-2,5-6H,3-4H2. The van der Waals surface area contributed by atoms with Crippen LogP contribution in [0.4, 0.5) is 8.78 Å². The fourth-order valence-electron chi connectivity index (χ4n) is 1.42. The second-order valence-electron chi connectivity index (χ2n) is 3.40. The Morgan fingerprint density at radius 2 is 1.92 bits per heavy atom. The molecule has 1 aromatic carbocycles. The molecule has 1 fully saturated rings. The Morgan fingerprint density at radius 3 is 2.38 bits per heavy atom. The molecule has 68 valence electrons. The molecule has 0 atom stereocenters. The first kappa shape index (κ1) is 8.35. The predicted molar refractivity (Wildman–Crippen MR) is 43.3 cm³/mol. The van der Waals surface area contributed by atoms with Gasteiger partial charge in [-0.15, -0.1) is 0 Å². The molecule has 1 saturated carbocycles. The fraction of sp³-hybridized carbons (Fsp3) is 0.300. The molecule has 3 heteroatoms. The van der Waals surface area contributed by atoms with Gasteiger partial charge in [-0.05, 0) is 30.5 Å². The molecule has 0 saturated heterocycles. The first-order valence-corrected chi connectivity index (χ1v) is 4.10. The van der Waals surface area contributed by atoms with Gasteiger partial charge in [0.05, 0.1) is 5.41 Å². The van der Waals surface area contributed by atoms with Gasteiger partial charge >= 0.3 is 0 Å². The van der Waals surface area contributed by atoms with Gasteiger partial charge in [-0.2, -0.15) is 0 Å². The topological polar surface area (TPSA) is 17.1 Å². The highest BCUT2D eigenvalue weighted by atomic mass is 19.2. The number of aldehydes is 1. The van der Waals surface area contributed by atoms with E-state index in [0.717, 1.165) is 31.3 Å². The van der Waals surface area contributed by atoms with Crippen molar-refractivity contribution in [2.75, 3.05) is 0 Å². The molecule has 0 heterocycles. The van der Waals surface area contributed by atoms with Crippen molar-refractivity contribution in [1.82, 2.24) is 0 Å². The van der Waals surface area contributed by atoms with E-state index in [-0.39, 0.29) is 0 Å². The molecular weight excluding hydrogens is 174 g/mol. The Balaban J connectivity index is 2.42. The van der Waals surface area contributed by atoms with Crippen LogP contribution in [0.1, 0.15) is 18.4 Å². The largest absolute Gasteiger partial charge is 0.302 e. The van der Waals surface area contributed by atoms with Gasteiger partial charge < -0.3 is 4.79 Å². The number of halogens is 2. The molecule has 0 spiro atoms. The third kappa shape index (κ3) is 1.24. The first-order valence-electron chi connectivity index (χ1n) is 4.10. The zero-order valence-electron chi connectivity index (χ0n) is 6.89. The summed E-state index contributed by atoms with van der Waals surface area (Å²) in [7, 11) is 0. The van der Waals surface area contributed by atoms with Crippen molar-refractivity contribution in [3.05, 3.63) is 35.4 Å². The highest BCUT2D eigenvalue weighted by molar-refractivity contribution is 5.72. The van der Waals surface area contributed by atoms with E-state index in [1.807, 2.05) is 0 Å². The van der Waals surface area contributed by atoms with Gasteiger partial charge in [0, 0.05) is 0 Å². The van der Waals surface area contributed by atoms with Crippen LogP contribution in [-0.4, -0.2) is 6.29 Å². The van der Waals surface area contributed by atoms with Gasteiger partial charge in [-0.1, -0.05) is 6.07 Å². The van der Waals surface area contributed by atoms with E-state index in [1.54, 1.807) is 0 Å². The Kier molecular flexibility index (Phi) is 1.68. The molecule has 0 aromatic heterocycles. The molecular formula is C10H8F2O. The van der Waals surface area contributed by atoms with Crippen molar-refractivity contribution in [2.24, 2.45) is 0 Å². The maximum absolute atomic E-state index is 12.8. The van der Waals surface area contributed by atoms with Gasteiger partial charge in [0.1, 0.15) is 6.29 Å². The van der Waals surface area contributed by atoms with Crippen LogP contribution in [0.15, 0.2) is 18.2 Å². The van der Waals surface area contributed by atoms with E-state index in [1.165, 1.54) is 6.07 Å². The first-order chi connectivity index (χ1) is 6.18. The Labute approximate surface area is 74.4 Å². The van der Waals surface area contributed by atoms with E-state index in [0.29, 0.717) is 5.56 Å². The van der Waals surface area contributed by atoms with Gasteiger partial charge in [0.15, 0.2) is 11.6 Å². The minimum Gasteiger partial charge on any atom is -0.302 e. The van der Waals surface area contributed by atoms with Crippen molar-refractivity contribution in [3.63, 3.8) is 0 Å². The van der Waals surface area contributed by atoms with E-state index >= 15 is 0 Å². The van der Waals surface area contributed by atoms with E-state index < -0.39 is 17.0 Å². The zero-order chi connectivity index (χ0) is 9.47. The number of benzene rings is 1. The van der Waals surface area contributed by atoms with Crippen LogP contribution >= 0.6 is 0 Å². The third-order valence-corrected chi connectivity index (χ3v) is 2.51. The number of hydrogen-bond acceptors (Lipinski definition) is 1. The molecule has 0 N–H and O–H groups in total. The SMILES string of the molecule is O=CC1(c2ccc(F)c(F)c2)CC1. The molecule has 0 unspecified atom stereocenters. The van der Waals surface area contributed by atoms with Crippen molar-refractivity contribution < 1.29 is 13.6 Å². The normalized spacial score (nSPS) is 18.3. The van der Waals surface area contributed by atoms with Crippen molar-refractivity contribution in [1.29, 1.82) is 0 Å². The molecule has 1 aliphatic carbocycles. The maximum Gasteiger partial charge on any atom is 0.159 e. The van der Waals surface area contributed by atoms with Crippen LogP contribution in [0.25, 0.3) is 0 Å². The summed E-state index contributed by atoms with van der Waals surface area (Å²) in [6, 6.07) is 3.64. The molecule has 1 aliphatic rings.